The maximum Gasteiger partial charge on any atom is 0.416 e. The number of benzene rings is 1. The molecule has 1 aliphatic rings. The lowest BCUT2D eigenvalue weighted by Gasteiger charge is -2.23. The predicted octanol–water partition coefficient (Wildman–Crippen LogP) is 4.55. The van der Waals surface area contributed by atoms with Crippen LogP contribution >= 0.6 is 11.3 Å². The van der Waals surface area contributed by atoms with Gasteiger partial charge in [-0.25, -0.2) is 4.98 Å². The second-order valence-electron chi connectivity index (χ2n) is 6.36. The number of rotatable bonds is 3. The molecule has 1 aliphatic heterocycles. The van der Waals surface area contributed by atoms with Crippen LogP contribution in [0.3, 0.4) is 0 Å². The minimum Gasteiger partial charge on any atom is -0.381 e. The van der Waals surface area contributed by atoms with E-state index in [-0.39, 0.29) is 12.0 Å². The molecule has 0 amide bonds. The molecule has 4 rings (SSSR count). The Morgan fingerprint density at radius 1 is 1.11 bits per heavy atom. The van der Waals surface area contributed by atoms with Crippen LogP contribution in [0.1, 0.15) is 18.4 Å². The van der Waals surface area contributed by atoms with E-state index < -0.39 is 11.7 Å². The number of thiophene rings is 1. The summed E-state index contributed by atoms with van der Waals surface area (Å²) in [7, 11) is 0. The van der Waals surface area contributed by atoms with Gasteiger partial charge in [0.05, 0.1) is 15.8 Å². The topological polar surface area (TPSA) is 73.1 Å². The molecule has 0 bridgehead atoms. The third-order valence-electron chi connectivity index (χ3n) is 4.45. The normalized spacial score (nSPS) is 16.0. The molecule has 5 nitrogen and oxygen atoms in total. The van der Waals surface area contributed by atoms with Gasteiger partial charge in [-0.15, -0.1) is 11.3 Å². The molecule has 0 spiro atoms. The second-order valence-corrected chi connectivity index (χ2v) is 7.41. The maximum absolute atomic E-state index is 12.8. The molecule has 1 fully saturated rings. The molecule has 3 N–H and O–H groups in total. The number of ether oxygens (including phenoxy) is 1. The summed E-state index contributed by atoms with van der Waals surface area (Å²) in [5.41, 5.74) is 6.54. The monoisotopic (exact) mass is 394 g/mol. The number of anilines is 2. The molecule has 142 valence electrons. The fraction of sp³-hybridized carbons (Fsp3) is 0.333. The van der Waals surface area contributed by atoms with Crippen LogP contribution in [0, 0.1) is 0 Å². The van der Waals surface area contributed by atoms with Crippen molar-refractivity contribution in [2.75, 3.05) is 24.3 Å². The molecule has 2 aromatic heterocycles. The Morgan fingerprint density at radius 2 is 1.81 bits per heavy atom. The van der Waals surface area contributed by atoms with Gasteiger partial charge in [-0.3, -0.25) is 0 Å². The van der Waals surface area contributed by atoms with E-state index in [0.717, 1.165) is 34.6 Å². The number of hydrogen-bond donors (Lipinski definition) is 2. The molecular weight excluding hydrogens is 377 g/mol. The Kier molecular flexibility index (Phi) is 4.65. The molecule has 0 aliphatic carbocycles. The van der Waals surface area contributed by atoms with E-state index in [2.05, 4.69) is 15.3 Å². The summed E-state index contributed by atoms with van der Waals surface area (Å²) < 4.78 is 44.5. The Balaban J connectivity index is 1.68. The number of hydrogen-bond acceptors (Lipinski definition) is 6. The number of alkyl halides is 3. The van der Waals surface area contributed by atoms with Crippen molar-refractivity contribution in [3.8, 4) is 10.4 Å². The molecule has 3 aromatic rings. The highest BCUT2D eigenvalue weighted by molar-refractivity contribution is 7.22. The lowest BCUT2D eigenvalue weighted by Crippen LogP contribution is -2.28. The van der Waals surface area contributed by atoms with Gasteiger partial charge in [0.25, 0.3) is 0 Å². The minimum absolute atomic E-state index is 0.161. The summed E-state index contributed by atoms with van der Waals surface area (Å²) in [6.07, 6.45) is -2.59. The molecule has 0 atom stereocenters. The van der Waals surface area contributed by atoms with Crippen LogP contribution in [-0.4, -0.2) is 29.2 Å². The van der Waals surface area contributed by atoms with E-state index in [1.54, 1.807) is 0 Å². The average molecular weight is 394 g/mol. The van der Waals surface area contributed by atoms with Crippen LogP contribution in [0.15, 0.2) is 30.3 Å². The molecule has 9 heteroatoms. The van der Waals surface area contributed by atoms with Crippen LogP contribution < -0.4 is 11.1 Å². The first-order valence-corrected chi connectivity index (χ1v) is 9.31. The smallest absolute Gasteiger partial charge is 0.381 e. The van der Waals surface area contributed by atoms with Gasteiger partial charge in [-0.2, -0.15) is 18.2 Å². The van der Waals surface area contributed by atoms with Gasteiger partial charge in [0, 0.05) is 24.1 Å². The Morgan fingerprint density at radius 3 is 2.48 bits per heavy atom. The van der Waals surface area contributed by atoms with Crippen LogP contribution in [0.25, 0.3) is 20.7 Å². The summed E-state index contributed by atoms with van der Waals surface area (Å²) in [6.45, 7) is 1.39. The van der Waals surface area contributed by atoms with Crippen LogP contribution in [0.2, 0.25) is 0 Å². The number of nitrogens with zero attached hydrogens (tertiary/aromatic N) is 2. The molecule has 1 saturated heterocycles. The summed E-state index contributed by atoms with van der Waals surface area (Å²) in [6, 6.07) is 7.18. The van der Waals surface area contributed by atoms with Crippen LogP contribution in [0.4, 0.5) is 24.9 Å². The van der Waals surface area contributed by atoms with E-state index >= 15 is 0 Å². The fourth-order valence-electron chi connectivity index (χ4n) is 3.05. The van der Waals surface area contributed by atoms with Gasteiger partial charge in [-0.1, -0.05) is 12.1 Å². The minimum atomic E-state index is -4.35. The van der Waals surface area contributed by atoms with Gasteiger partial charge in [0.2, 0.25) is 5.95 Å². The van der Waals surface area contributed by atoms with Crippen molar-refractivity contribution in [3.63, 3.8) is 0 Å². The Hall–Kier alpha value is -2.39. The standard InChI is InChI=1S/C18H17F3N4OS/c19-18(20,21)11-3-1-10(2-4-11)14-9-13-15(27-14)16(25-17(22)24-13)23-12-5-7-26-8-6-12/h1-4,9,12H,5-8H2,(H3,22,23,24,25). The van der Waals surface area contributed by atoms with Gasteiger partial charge < -0.3 is 15.8 Å². The zero-order chi connectivity index (χ0) is 19.0. The van der Waals surface area contributed by atoms with E-state index in [1.165, 1.54) is 23.5 Å². The summed E-state index contributed by atoms with van der Waals surface area (Å²) in [4.78, 5) is 9.40. The van der Waals surface area contributed by atoms with Crippen molar-refractivity contribution in [2.45, 2.75) is 25.1 Å². The summed E-state index contributed by atoms with van der Waals surface area (Å²) in [5, 5.41) is 3.41. The summed E-state index contributed by atoms with van der Waals surface area (Å²) >= 11 is 1.43. The number of halogens is 3. The third-order valence-corrected chi connectivity index (χ3v) is 5.63. The van der Waals surface area contributed by atoms with E-state index in [4.69, 9.17) is 10.5 Å². The SMILES string of the molecule is Nc1nc(NC2CCOCC2)c2sc(-c3ccc(C(F)(F)F)cc3)cc2n1. The van der Waals surface area contributed by atoms with Gasteiger partial charge in [0.1, 0.15) is 5.82 Å². The zero-order valence-corrected chi connectivity index (χ0v) is 15.0. The average Bonchev–Trinajstić information content (AvgIpc) is 3.06. The first-order valence-electron chi connectivity index (χ1n) is 8.49. The number of nitrogens with one attached hydrogen (secondary N) is 1. The number of fused-ring (bicyclic) bond motifs is 1. The van der Waals surface area contributed by atoms with E-state index in [1.807, 2.05) is 6.07 Å². The second kappa shape index (κ2) is 6.97. The quantitative estimate of drug-likeness (QED) is 0.682. The number of aromatic nitrogens is 2. The highest BCUT2D eigenvalue weighted by Gasteiger charge is 2.30. The Labute approximate surface area is 157 Å². The molecule has 3 heterocycles. The van der Waals surface area contributed by atoms with Crippen molar-refractivity contribution >= 4 is 33.3 Å². The fourth-order valence-corrected chi connectivity index (χ4v) is 4.10. The van der Waals surface area contributed by atoms with Crippen LogP contribution in [-0.2, 0) is 10.9 Å². The van der Waals surface area contributed by atoms with Crippen molar-refractivity contribution in [1.82, 2.24) is 9.97 Å². The zero-order valence-electron chi connectivity index (χ0n) is 14.2. The molecule has 0 saturated carbocycles. The number of nitrogens with two attached hydrogens (primary N) is 1. The number of nitrogen functional groups attached to an aromatic ring is 1. The lowest BCUT2D eigenvalue weighted by molar-refractivity contribution is -0.137. The largest absolute Gasteiger partial charge is 0.416 e. The molecule has 27 heavy (non-hydrogen) atoms. The summed E-state index contributed by atoms with van der Waals surface area (Å²) in [5.74, 6) is 0.821. The molecule has 0 unspecified atom stereocenters. The molecule has 1 aromatic carbocycles. The van der Waals surface area contributed by atoms with Gasteiger partial charge in [0.15, 0.2) is 0 Å². The first kappa shape index (κ1) is 18.0. The maximum atomic E-state index is 12.8. The highest BCUT2D eigenvalue weighted by atomic mass is 32.1. The highest BCUT2D eigenvalue weighted by Crippen LogP contribution is 2.38. The molecular formula is C18H17F3N4OS. The van der Waals surface area contributed by atoms with Gasteiger partial charge in [-0.05, 0) is 36.6 Å². The van der Waals surface area contributed by atoms with Crippen molar-refractivity contribution in [2.24, 2.45) is 0 Å². The lowest BCUT2D eigenvalue weighted by atomic mass is 10.1. The van der Waals surface area contributed by atoms with Crippen molar-refractivity contribution in [1.29, 1.82) is 0 Å². The van der Waals surface area contributed by atoms with E-state index in [0.29, 0.717) is 30.1 Å². The van der Waals surface area contributed by atoms with Gasteiger partial charge >= 0.3 is 6.18 Å². The predicted molar refractivity (Wildman–Crippen MR) is 99.7 cm³/mol. The van der Waals surface area contributed by atoms with Crippen molar-refractivity contribution in [3.05, 3.63) is 35.9 Å². The van der Waals surface area contributed by atoms with Crippen molar-refractivity contribution < 1.29 is 17.9 Å². The first-order chi connectivity index (χ1) is 12.9. The third kappa shape index (κ3) is 3.84. The van der Waals surface area contributed by atoms with Crippen LogP contribution in [0.5, 0.6) is 0 Å². The van der Waals surface area contributed by atoms with E-state index in [9.17, 15) is 13.2 Å². The molecule has 0 radical (unpaired) electrons. The Bertz CT molecular complexity index is 950.